The highest BCUT2D eigenvalue weighted by molar-refractivity contribution is 5.97. The lowest BCUT2D eigenvalue weighted by molar-refractivity contribution is -0.124. The SMILES string of the molecule is C[C@H]1Oc2ccccc2CN(c2ccccc2)C1=O. The summed E-state index contributed by atoms with van der Waals surface area (Å²) in [6, 6.07) is 17.5. The van der Waals surface area contributed by atoms with Crippen molar-refractivity contribution >= 4 is 11.6 Å². The monoisotopic (exact) mass is 253 g/mol. The van der Waals surface area contributed by atoms with Crippen LogP contribution in [0.15, 0.2) is 54.6 Å². The van der Waals surface area contributed by atoms with Gasteiger partial charge < -0.3 is 9.64 Å². The molecule has 3 heteroatoms. The van der Waals surface area contributed by atoms with Gasteiger partial charge in [-0.3, -0.25) is 4.79 Å². The molecule has 1 heterocycles. The first-order valence-corrected chi connectivity index (χ1v) is 6.37. The highest BCUT2D eigenvalue weighted by atomic mass is 16.5. The number of benzene rings is 2. The molecule has 0 aromatic heterocycles. The quantitative estimate of drug-likeness (QED) is 0.782. The first-order chi connectivity index (χ1) is 9.25. The third-order valence-electron chi connectivity index (χ3n) is 3.29. The Kier molecular flexibility index (Phi) is 2.95. The second-order valence-corrected chi connectivity index (χ2v) is 4.63. The zero-order valence-corrected chi connectivity index (χ0v) is 10.7. The molecule has 0 spiro atoms. The number of carbonyl (C=O) groups excluding carboxylic acids is 1. The molecular weight excluding hydrogens is 238 g/mol. The van der Waals surface area contributed by atoms with Gasteiger partial charge in [-0.15, -0.1) is 0 Å². The summed E-state index contributed by atoms with van der Waals surface area (Å²) in [7, 11) is 0. The van der Waals surface area contributed by atoms with Gasteiger partial charge in [0.05, 0.1) is 6.54 Å². The molecule has 1 amide bonds. The molecule has 3 rings (SSSR count). The van der Waals surface area contributed by atoms with Gasteiger partial charge in [-0.2, -0.15) is 0 Å². The molecule has 1 aliphatic heterocycles. The highest BCUT2D eigenvalue weighted by Crippen LogP contribution is 2.28. The summed E-state index contributed by atoms with van der Waals surface area (Å²) in [6.07, 6.45) is -0.469. The van der Waals surface area contributed by atoms with E-state index in [-0.39, 0.29) is 5.91 Å². The summed E-state index contributed by atoms with van der Waals surface area (Å²) in [5, 5.41) is 0. The second kappa shape index (κ2) is 4.76. The first-order valence-electron chi connectivity index (χ1n) is 6.37. The summed E-state index contributed by atoms with van der Waals surface area (Å²) < 4.78 is 5.73. The van der Waals surface area contributed by atoms with Gasteiger partial charge in [0.1, 0.15) is 5.75 Å². The zero-order valence-electron chi connectivity index (χ0n) is 10.7. The van der Waals surface area contributed by atoms with Crippen molar-refractivity contribution in [3.8, 4) is 5.75 Å². The Bertz CT molecular complexity index is 595. The van der Waals surface area contributed by atoms with E-state index < -0.39 is 6.10 Å². The number of carbonyl (C=O) groups is 1. The number of ether oxygens (including phenoxy) is 1. The van der Waals surface area contributed by atoms with E-state index in [2.05, 4.69) is 0 Å². The van der Waals surface area contributed by atoms with E-state index in [0.717, 1.165) is 17.0 Å². The molecule has 96 valence electrons. The molecule has 0 saturated heterocycles. The molecule has 0 fully saturated rings. The molecule has 19 heavy (non-hydrogen) atoms. The van der Waals surface area contributed by atoms with Crippen LogP contribution in [0, 0.1) is 0 Å². The average molecular weight is 253 g/mol. The lowest BCUT2D eigenvalue weighted by atomic mass is 10.2. The van der Waals surface area contributed by atoms with Crippen LogP contribution in [0.25, 0.3) is 0 Å². The predicted molar refractivity (Wildman–Crippen MR) is 74.2 cm³/mol. The number of anilines is 1. The maximum absolute atomic E-state index is 12.4. The normalized spacial score (nSPS) is 18.5. The third kappa shape index (κ3) is 2.19. The largest absolute Gasteiger partial charge is 0.481 e. The molecule has 0 saturated carbocycles. The van der Waals surface area contributed by atoms with Crippen LogP contribution >= 0.6 is 0 Å². The van der Waals surface area contributed by atoms with E-state index in [4.69, 9.17) is 4.74 Å². The average Bonchev–Trinajstić information content (AvgIpc) is 2.58. The summed E-state index contributed by atoms with van der Waals surface area (Å²) >= 11 is 0. The summed E-state index contributed by atoms with van der Waals surface area (Å²) in [6.45, 7) is 2.34. The predicted octanol–water partition coefficient (Wildman–Crippen LogP) is 3.00. The van der Waals surface area contributed by atoms with E-state index in [1.54, 1.807) is 11.8 Å². The van der Waals surface area contributed by atoms with Crippen molar-refractivity contribution in [2.24, 2.45) is 0 Å². The van der Waals surface area contributed by atoms with Gasteiger partial charge in [0.15, 0.2) is 6.10 Å². The van der Waals surface area contributed by atoms with Crippen LogP contribution in [0.4, 0.5) is 5.69 Å². The fraction of sp³-hybridized carbons (Fsp3) is 0.188. The molecule has 3 nitrogen and oxygen atoms in total. The van der Waals surface area contributed by atoms with E-state index >= 15 is 0 Å². The molecule has 0 unspecified atom stereocenters. The maximum Gasteiger partial charge on any atom is 0.268 e. The van der Waals surface area contributed by atoms with Gasteiger partial charge in [0, 0.05) is 11.3 Å². The van der Waals surface area contributed by atoms with Crippen molar-refractivity contribution in [3.63, 3.8) is 0 Å². The maximum atomic E-state index is 12.4. The second-order valence-electron chi connectivity index (χ2n) is 4.63. The Balaban J connectivity index is 2.03. The van der Waals surface area contributed by atoms with Crippen LogP contribution in [-0.2, 0) is 11.3 Å². The summed E-state index contributed by atoms with van der Waals surface area (Å²) in [5.74, 6) is 0.782. The Hall–Kier alpha value is -2.29. The number of amides is 1. The highest BCUT2D eigenvalue weighted by Gasteiger charge is 2.28. The minimum atomic E-state index is -0.469. The molecule has 0 bridgehead atoms. The van der Waals surface area contributed by atoms with Gasteiger partial charge in [-0.05, 0) is 25.1 Å². The number of hydrogen-bond donors (Lipinski definition) is 0. The minimum absolute atomic E-state index is 0.0117. The molecule has 0 aliphatic carbocycles. The van der Waals surface area contributed by atoms with Crippen molar-refractivity contribution in [2.75, 3.05) is 4.90 Å². The van der Waals surface area contributed by atoms with Crippen molar-refractivity contribution in [2.45, 2.75) is 19.6 Å². The minimum Gasteiger partial charge on any atom is -0.481 e. The molecular formula is C16H15NO2. The van der Waals surface area contributed by atoms with E-state index in [0.29, 0.717) is 6.54 Å². The Morgan fingerprint density at radius 2 is 1.74 bits per heavy atom. The number of nitrogens with zero attached hydrogens (tertiary/aromatic N) is 1. The summed E-state index contributed by atoms with van der Waals surface area (Å²) in [5.41, 5.74) is 1.93. The molecule has 2 aromatic carbocycles. The van der Waals surface area contributed by atoms with Gasteiger partial charge in [-0.1, -0.05) is 36.4 Å². The number of para-hydroxylation sites is 2. The number of rotatable bonds is 1. The molecule has 0 radical (unpaired) electrons. The zero-order chi connectivity index (χ0) is 13.2. The molecule has 0 N–H and O–H groups in total. The van der Waals surface area contributed by atoms with Crippen LogP contribution < -0.4 is 9.64 Å². The molecule has 1 aliphatic rings. The first kappa shape index (κ1) is 11.8. The standard InChI is InChI=1S/C16H15NO2/c1-12-16(18)17(14-8-3-2-4-9-14)11-13-7-5-6-10-15(13)19-12/h2-10,12H,11H2,1H3/t12-/m1/s1. The van der Waals surface area contributed by atoms with Gasteiger partial charge in [0.2, 0.25) is 0 Å². The van der Waals surface area contributed by atoms with E-state index in [1.165, 1.54) is 0 Å². The van der Waals surface area contributed by atoms with Crippen molar-refractivity contribution in [1.29, 1.82) is 0 Å². The lowest BCUT2D eigenvalue weighted by Gasteiger charge is -2.22. The van der Waals surface area contributed by atoms with Crippen LogP contribution in [0.1, 0.15) is 12.5 Å². The molecule has 2 aromatic rings. The van der Waals surface area contributed by atoms with E-state index in [1.807, 2.05) is 54.6 Å². The van der Waals surface area contributed by atoms with Crippen LogP contribution in [0.2, 0.25) is 0 Å². The number of hydrogen-bond acceptors (Lipinski definition) is 2. The third-order valence-corrected chi connectivity index (χ3v) is 3.29. The Labute approximate surface area is 112 Å². The summed E-state index contributed by atoms with van der Waals surface area (Å²) in [4.78, 5) is 14.2. The van der Waals surface area contributed by atoms with Gasteiger partial charge in [0.25, 0.3) is 5.91 Å². The lowest BCUT2D eigenvalue weighted by Crippen LogP contribution is -2.37. The number of fused-ring (bicyclic) bond motifs is 1. The van der Waals surface area contributed by atoms with Crippen LogP contribution in [-0.4, -0.2) is 12.0 Å². The molecule has 1 atom stereocenters. The van der Waals surface area contributed by atoms with Gasteiger partial charge >= 0.3 is 0 Å². The van der Waals surface area contributed by atoms with E-state index in [9.17, 15) is 4.79 Å². The fourth-order valence-electron chi connectivity index (χ4n) is 2.28. The van der Waals surface area contributed by atoms with Crippen molar-refractivity contribution < 1.29 is 9.53 Å². The van der Waals surface area contributed by atoms with Crippen LogP contribution in [0.5, 0.6) is 5.75 Å². The smallest absolute Gasteiger partial charge is 0.268 e. The van der Waals surface area contributed by atoms with Crippen molar-refractivity contribution in [1.82, 2.24) is 0 Å². The topological polar surface area (TPSA) is 29.5 Å². The van der Waals surface area contributed by atoms with Crippen LogP contribution in [0.3, 0.4) is 0 Å². The fourth-order valence-corrected chi connectivity index (χ4v) is 2.28. The van der Waals surface area contributed by atoms with Crippen molar-refractivity contribution in [3.05, 3.63) is 60.2 Å². The van der Waals surface area contributed by atoms with Gasteiger partial charge in [-0.25, -0.2) is 0 Å². The Morgan fingerprint density at radius 1 is 1.05 bits per heavy atom. The Morgan fingerprint density at radius 3 is 2.53 bits per heavy atom.